The van der Waals surface area contributed by atoms with Crippen LogP contribution in [0.3, 0.4) is 0 Å². The molecule has 29 heavy (non-hydrogen) atoms. The summed E-state index contributed by atoms with van der Waals surface area (Å²) in [5.74, 6) is 0. The first-order valence-electron chi connectivity index (χ1n) is 10.0. The highest BCUT2D eigenvalue weighted by Crippen LogP contribution is 2.20. The Kier molecular flexibility index (Phi) is 11.9. The van der Waals surface area contributed by atoms with Gasteiger partial charge < -0.3 is 10.0 Å². The van der Waals surface area contributed by atoms with Crippen LogP contribution >= 0.6 is 0 Å². The summed E-state index contributed by atoms with van der Waals surface area (Å²) in [6.07, 6.45) is 11.1. The number of hydrogen-bond acceptors (Lipinski definition) is 6. The number of benzene rings is 1. The normalized spacial score (nSPS) is 12.0. The van der Waals surface area contributed by atoms with Crippen LogP contribution in [-0.2, 0) is 0 Å². The van der Waals surface area contributed by atoms with Crippen LogP contribution in [0.5, 0.6) is 0 Å². The zero-order valence-electron chi connectivity index (χ0n) is 17.5. The van der Waals surface area contributed by atoms with Gasteiger partial charge in [-0.3, -0.25) is 10.1 Å². The fourth-order valence-electron chi connectivity index (χ4n) is 2.65. The fraction of sp³-hybridized carbons (Fsp3) is 0.455. The number of allylic oxidation sites excluding steroid dienone is 3. The number of non-ortho nitro benzene ring substituents is 1. The highest BCUT2D eigenvalue weighted by molar-refractivity contribution is 5.43. The molecular formula is C22H32N4O3. The van der Waals surface area contributed by atoms with Gasteiger partial charge in [0.15, 0.2) is 0 Å². The quantitative estimate of drug-likeness (QED) is 0.138. The lowest BCUT2D eigenvalue weighted by Crippen LogP contribution is -2.26. The zero-order chi connectivity index (χ0) is 21.5. The summed E-state index contributed by atoms with van der Waals surface area (Å²) in [5.41, 5.74) is 2.24. The molecule has 1 aromatic carbocycles. The maximum absolute atomic E-state index is 10.7. The van der Waals surface area contributed by atoms with Crippen LogP contribution in [0.25, 0.3) is 0 Å². The van der Waals surface area contributed by atoms with E-state index in [1.807, 2.05) is 25.2 Å². The zero-order valence-corrected chi connectivity index (χ0v) is 17.5. The number of rotatable bonds is 14. The molecule has 0 unspecified atom stereocenters. The van der Waals surface area contributed by atoms with Crippen LogP contribution < -0.4 is 0 Å². The first-order valence-corrected chi connectivity index (χ1v) is 10.0. The van der Waals surface area contributed by atoms with E-state index in [2.05, 4.69) is 28.6 Å². The SMILES string of the molecule is C=C(/C=C\C/C(=C\C)N=Nc1ccc([N+](=O)[O-])cc1)N(CCO)CCCCCC. The third-order valence-electron chi connectivity index (χ3n) is 4.38. The summed E-state index contributed by atoms with van der Waals surface area (Å²) in [7, 11) is 0. The molecule has 0 saturated heterocycles. The minimum absolute atomic E-state index is 0.0266. The molecule has 0 heterocycles. The van der Waals surface area contributed by atoms with Crippen molar-refractivity contribution in [2.45, 2.75) is 46.0 Å². The van der Waals surface area contributed by atoms with Gasteiger partial charge in [-0.25, -0.2) is 0 Å². The second-order valence-corrected chi connectivity index (χ2v) is 6.62. The smallest absolute Gasteiger partial charge is 0.269 e. The van der Waals surface area contributed by atoms with Gasteiger partial charge in [0.25, 0.3) is 5.69 Å². The molecule has 1 aromatic rings. The van der Waals surface area contributed by atoms with Crippen LogP contribution in [0.4, 0.5) is 11.4 Å². The molecule has 1 rings (SSSR count). The van der Waals surface area contributed by atoms with Crippen molar-refractivity contribution in [1.29, 1.82) is 0 Å². The number of nitro groups is 1. The fourth-order valence-corrected chi connectivity index (χ4v) is 2.65. The molecule has 0 aliphatic rings. The Balaban J connectivity index is 2.59. The second kappa shape index (κ2) is 14.2. The summed E-state index contributed by atoms with van der Waals surface area (Å²) in [4.78, 5) is 12.3. The lowest BCUT2D eigenvalue weighted by molar-refractivity contribution is -0.384. The first kappa shape index (κ1) is 24.2. The molecule has 0 aliphatic heterocycles. The number of unbranched alkanes of at least 4 members (excludes halogenated alkanes) is 3. The molecule has 0 amide bonds. The van der Waals surface area contributed by atoms with Crippen molar-refractivity contribution in [1.82, 2.24) is 4.90 Å². The molecule has 0 aliphatic carbocycles. The largest absolute Gasteiger partial charge is 0.395 e. The van der Waals surface area contributed by atoms with Crippen molar-refractivity contribution in [3.05, 3.63) is 70.6 Å². The maximum atomic E-state index is 10.7. The Morgan fingerprint density at radius 1 is 1.24 bits per heavy atom. The van der Waals surface area contributed by atoms with E-state index in [-0.39, 0.29) is 12.3 Å². The Bertz CT molecular complexity index is 724. The van der Waals surface area contributed by atoms with E-state index in [1.54, 1.807) is 12.1 Å². The van der Waals surface area contributed by atoms with Crippen molar-refractivity contribution >= 4 is 11.4 Å². The molecule has 0 atom stereocenters. The van der Waals surface area contributed by atoms with Gasteiger partial charge in [-0.15, -0.1) is 0 Å². The van der Waals surface area contributed by atoms with Crippen LogP contribution in [0.2, 0.25) is 0 Å². The molecule has 0 aromatic heterocycles. The summed E-state index contributed by atoms with van der Waals surface area (Å²) in [6, 6.07) is 5.95. The predicted octanol–water partition coefficient (Wildman–Crippen LogP) is 5.92. The minimum Gasteiger partial charge on any atom is -0.395 e. The number of aliphatic hydroxyl groups excluding tert-OH is 1. The van der Waals surface area contributed by atoms with Crippen LogP contribution in [0.1, 0.15) is 46.0 Å². The Morgan fingerprint density at radius 3 is 2.55 bits per heavy atom. The van der Waals surface area contributed by atoms with Crippen molar-refractivity contribution < 1.29 is 10.0 Å². The third-order valence-corrected chi connectivity index (χ3v) is 4.38. The van der Waals surface area contributed by atoms with E-state index in [4.69, 9.17) is 0 Å². The van der Waals surface area contributed by atoms with E-state index in [9.17, 15) is 15.2 Å². The van der Waals surface area contributed by atoms with E-state index in [0.29, 0.717) is 18.7 Å². The van der Waals surface area contributed by atoms with Crippen LogP contribution in [-0.4, -0.2) is 34.6 Å². The Hall–Kier alpha value is -2.80. The second-order valence-electron chi connectivity index (χ2n) is 6.62. The van der Waals surface area contributed by atoms with E-state index < -0.39 is 4.92 Å². The molecule has 0 fully saturated rings. The number of azo groups is 1. The van der Waals surface area contributed by atoms with Gasteiger partial charge >= 0.3 is 0 Å². The Morgan fingerprint density at radius 2 is 1.97 bits per heavy atom. The molecule has 0 spiro atoms. The first-order chi connectivity index (χ1) is 14.0. The van der Waals surface area contributed by atoms with E-state index in [0.717, 1.165) is 24.4 Å². The Labute approximate surface area is 173 Å². The molecule has 0 radical (unpaired) electrons. The molecule has 7 nitrogen and oxygen atoms in total. The van der Waals surface area contributed by atoms with E-state index >= 15 is 0 Å². The third kappa shape index (κ3) is 9.80. The van der Waals surface area contributed by atoms with Crippen molar-refractivity contribution in [2.24, 2.45) is 10.2 Å². The predicted molar refractivity (Wildman–Crippen MR) is 117 cm³/mol. The van der Waals surface area contributed by atoms with Crippen molar-refractivity contribution in [2.75, 3.05) is 19.7 Å². The minimum atomic E-state index is -0.445. The lowest BCUT2D eigenvalue weighted by atomic mass is 10.2. The summed E-state index contributed by atoms with van der Waals surface area (Å²) < 4.78 is 0. The number of nitro benzene ring substituents is 1. The molecule has 1 N–H and O–H groups in total. The number of aliphatic hydroxyl groups is 1. The van der Waals surface area contributed by atoms with Gasteiger partial charge in [-0.1, -0.05) is 44.9 Å². The topological polar surface area (TPSA) is 91.3 Å². The lowest BCUT2D eigenvalue weighted by Gasteiger charge is -2.24. The molecule has 158 valence electrons. The molecule has 0 bridgehead atoms. The average molecular weight is 401 g/mol. The van der Waals surface area contributed by atoms with Gasteiger partial charge in [0.1, 0.15) is 0 Å². The monoisotopic (exact) mass is 400 g/mol. The summed E-state index contributed by atoms with van der Waals surface area (Å²) >= 11 is 0. The highest BCUT2D eigenvalue weighted by atomic mass is 16.6. The van der Waals surface area contributed by atoms with Gasteiger partial charge in [-0.2, -0.15) is 10.2 Å². The average Bonchev–Trinajstić information content (AvgIpc) is 2.72. The van der Waals surface area contributed by atoms with Gasteiger partial charge in [0.05, 0.1) is 22.9 Å². The standard InChI is InChI=1S/C22H32N4O3/c1-4-6-7-8-16-25(17-18-27)19(3)10-9-11-20(5-2)23-24-21-12-14-22(15-13-21)26(28)29/h5,9-10,12-15,27H,3-4,6-8,11,16-18H2,1-2H3/b10-9-,20-5+,24-23?. The highest BCUT2D eigenvalue weighted by Gasteiger charge is 2.05. The molecular weight excluding hydrogens is 368 g/mol. The van der Waals surface area contributed by atoms with Crippen molar-refractivity contribution in [3.8, 4) is 0 Å². The van der Waals surface area contributed by atoms with Crippen molar-refractivity contribution in [3.63, 3.8) is 0 Å². The van der Waals surface area contributed by atoms with E-state index in [1.165, 1.54) is 31.4 Å². The van der Waals surface area contributed by atoms with Crippen LogP contribution in [0, 0.1) is 10.1 Å². The number of nitrogens with zero attached hydrogens (tertiary/aromatic N) is 4. The van der Waals surface area contributed by atoms with Crippen LogP contribution in [0.15, 0.2) is 70.7 Å². The molecule has 0 saturated carbocycles. The van der Waals surface area contributed by atoms with Gasteiger partial charge in [0, 0.05) is 37.3 Å². The summed E-state index contributed by atoms with van der Waals surface area (Å²) in [5, 5.41) is 28.3. The van der Waals surface area contributed by atoms with Gasteiger partial charge in [0.2, 0.25) is 0 Å². The van der Waals surface area contributed by atoms with Gasteiger partial charge in [-0.05, 0) is 31.6 Å². The number of hydrogen-bond donors (Lipinski definition) is 1. The maximum Gasteiger partial charge on any atom is 0.269 e. The summed E-state index contributed by atoms with van der Waals surface area (Å²) in [6.45, 7) is 9.75. The molecule has 7 heteroatoms.